The summed E-state index contributed by atoms with van der Waals surface area (Å²) in [5.41, 5.74) is 0. The first-order chi connectivity index (χ1) is 8.31. The molecule has 0 spiro atoms. The lowest BCUT2D eigenvalue weighted by Gasteiger charge is -2.16. The molecule has 0 radical (unpaired) electrons. The first-order valence-corrected chi connectivity index (χ1v) is 7.05. The van der Waals surface area contributed by atoms with Gasteiger partial charge in [-0.3, -0.25) is 9.69 Å². The van der Waals surface area contributed by atoms with Gasteiger partial charge in [-0.25, -0.2) is 0 Å². The van der Waals surface area contributed by atoms with E-state index >= 15 is 0 Å². The Bertz CT molecular complexity index is 294. The van der Waals surface area contributed by atoms with Crippen LogP contribution in [0, 0.1) is 5.92 Å². The number of carbonyl (C=O) groups excluding carboxylic acids is 1. The van der Waals surface area contributed by atoms with E-state index in [0.717, 1.165) is 38.5 Å². The van der Waals surface area contributed by atoms with Crippen molar-refractivity contribution in [2.24, 2.45) is 5.92 Å². The number of likely N-dealkylation sites (tertiary alicyclic amines) is 1. The fraction of sp³-hybridized carbons (Fsp3) is 0.923. The van der Waals surface area contributed by atoms with E-state index < -0.39 is 0 Å². The fourth-order valence-electron chi connectivity index (χ4n) is 3.11. The summed E-state index contributed by atoms with van der Waals surface area (Å²) in [5.74, 6) is 0.831. The monoisotopic (exact) mass is 309 g/mol. The molecule has 2 unspecified atom stereocenters. The molecule has 19 heavy (non-hydrogen) atoms. The van der Waals surface area contributed by atoms with Crippen LogP contribution in [0.4, 0.5) is 0 Å². The Balaban J connectivity index is 0.000000902. The van der Waals surface area contributed by atoms with E-state index in [-0.39, 0.29) is 30.7 Å². The third kappa shape index (κ3) is 4.78. The van der Waals surface area contributed by atoms with E-state index in [1.807, 2.05) is 0 Å². The number of hydrogen-bond donors (Lipinski definition) is 2. The maximum absolute atomic E-state index is 11.9. The Labute approximate surface area is 127 Å². The summed E-state index contributed by atoms with van der Waals surface area (Å²) in [6.45, 7) is 4.36. The first kappa shape index (κ1) is 17.0. The van der Waals surface area contributed by atoms with Crippen LogP contribution in [0.2, 0.25) is 0 Å². The average Bonchev–Trinajstić information content (AvgIpc) is 2.84. The Kier molecular flexibility index (Phi) is 6.87. The minimum absolute atomic E-state index is 0. The predicted molar refractivity (Wildman–Crippen MR) is 81.2 cm³/mol. The van der Waals surface area contributed by atoms with Crippen molar-refractivity contribution in [3.05, 3.63) is 0 Å². The molecule has 3 aliphatic rings. The quantitative estimate of drug-likeness (QED) is 0.820. The molecule has 2 heterocycles. The highest BCUT2D eigenvalue weighted by Gasteiger charge is 2.34. The third-order valence-electron chi connectivity index (χ3n) is 4.28. The van der Waals surface area contributed by atoms with Gasteiger partial charge in [0.2, 0.25) is 5.91 Å². The van der Waals surface area contributed by atoms with Crippen LogP contribution in [0.1, 0.15) is 32.1 Å². The average molecular weight is 310 g/mol. The normalized spacial score (nSPS) is 30.5. The molecule has 3 fully saturated rings. The molecule has 2 atom stereocenters. The van der Waals surface area contributed by atoms with Gasteiger partial charge in [0.15, 0.2) is 0 Å². The molecule has 0 aromatic rings. The first-order valence-electron chi connectivity index (χ1n) is 7.05. The topological polar surface area (TPSA) is 44.4 Å². The number of hydrogen-bond acceptors (Lipinski definition) is 3. The van der Waals surface area contributed by atoms with Gasteiger partial charge in [-0.2, -0.15) is 0 Å². The molecule has 1 amide bonds. The van der Waals surface area contributed by atoms with Crippen molar-refractivity contribution in [2.75, 3.05) is 26.2 Å². The van der Waals surface area contributed by atoms with Gasteiger partial charge < -0.3 is 10.6 Å². The largest absolute Gasteiger partial charge is 0.352 e. The number of carbonyl (C=O) groups is 1. The minimum atomic E-state index is 0. The molecule has 3 rings (SSSR count). The Hall–Kier alpha value is -0.0300. The summed E-state index contributed by atoms with van der Waals surface area (Å²) in [6, 6.07) is 1.26. The molecule has 0 bridgehead atoms. The highest BCUT2D eigenvalue weighted by atomic mass is 35.5. The number of halogens is 2. The molecular weight excluding hydrogens is 285 g/mol. The Morgan fingerprint density at radius 3 is 2.63 bits per heavy atom. The maximum atomic E-state index is 11.9. The van der Waals surface area contributed by atoms with Crippen molar-refractivity contribution in [1.82, 2.24) is 15.5 Å². The molecule has 1 saturated carbocycles. The van der Waals surface area contributed by atoms with E-state index in [4.69, 9.17) is 0 Å². The third-order valence-corrected chi connectivity index (χ3v) is 4.28. The van der Waals surface area contributed by atoms with Gasteiger partial charge in [0.1, 0.15) is 0 Å². The van der Waals surface area contributed by atoms with Crippen molar-refractivity contribution in [3.63, 3.8) is 0 Å². The molecule has 0 aromatic carbocycles. The summed E-state index contributed by atoms with van der Waals surface area (Å²) in [7, 11) is 0. The van der Waals surface area contributed by atoms with Gasteiger partial charge >= 0.3 is 0 Å². The second-order valence-corrected chi connectivity index (χ2v) is 5.84. The summed E-state index contributed by atoms with van der Waals surface area (Å²) in [6.07, 6.45) is 5.76. The summed E-state index contributed by atoms with van der Waals surface area (Å²) in [4.78, 5) is 14.4. The number of rotatable bonds is 4. The molecule has 112 valence electrons. The second-order valence-electron chi connectivity index (χ2n) is 5.84. The van der Waals surface area contributed by atoms with Crippen molar-refractivity contribution in [3.8, 4) is 0 Å². The lowest BCUT2D eigenvalue weighted by molar-refractivity contribution is -0.122. The molecule has 6 heteroatoms. The number of nitrogens with one attached hydrogen (secondary N) is 2. The number of nitrogens with zero attached hydrogens (tertiary/aromatic N) is 1. The predicted octanol–water partition coefficient (Wildman–Crippen LogP) is 1.18. The van der Waals surface area contributed by atoms with Crippen LogP contribution in [-0.4, -0.2) is 49.1 Å². The summed E-state index contributed by atoms with van der Waals surface area (Å²) < 4.78 is 0. The lowest BCUT2D eigenvalue weighted by Crippen LogP contribution is -2.38. The van der Waals surface area contributed by atoms with Gasteiger partial charge in [0.25, 0.3) is 0 Å². The standard InChI is InChI=1S/C13H23N3O.2ClH/c17-13(7-10-3-5-14-8-10)15-11-4-6-16(9-11)12-1-2-12;;/h10-12,14H,1-9H2,(H,15,17);2*1H. The maximum Gasteiger partial charge on any atom is 0.220 e. The molecule has 0 aromatic heterocycles. The smallest absolute Gasteiger partial charge is 0.220 e. The van der Waals surface area contributed by atoms with Crippen LogP contribution in [0.15, 0.2) is 0 Å². The zero-order valence-electron chi connectivity index (χ0n) is 11.3. The van der Waals surface area contributed by atoms with E-state index in [1.165, 1.54) is 19.4 Å². The van der Waals surface area contributed by atoms with Crippen LogP contribution < -0.4 is 10.6 Å². The molecule has 2 N–H and O–H groups in total. The lowest BCUT2D eigenvalue weighted by atomic mass is 10.0. The van der Waals surface area contributed by atoms with E-state index in [2.05, 4.69) is 15.5 Å². The zero-order valence-corrected chi connectivity index (χ0v) is 12.9. The van der Waals surface area contributed by atoms with Crippen molar-refractivity contribution >= 4 is 30.7 Å². The highest BCUT2D eigenvalue weighted by molar-refractivity contribution is 5.85. The molecular formula is C13H25Cl2N3O. The SMILES string of the molecule is Cl.Cl.O=C(CC1CCNC1)NC1CCN(C2CC2)C1. The highest BCUT2D eigenvalue weighted by Crippen LogP contribution is 2.29. The van der Waals surface area contributed by atoms with E-state index in [1.54, 1.807) is 0 Å². The number of amides is 1. The molecule has 2 aliphatic heterocycles. The van der Waals surface area contributed by atoms with E-state index in [0.29, 0.717) is 18.4 Å². The van der Waals surface area contributed by atoms with Gasteiger partial charge in [-0.1, -0.05) is 0 Å². The molecule has 1 aliphatic carbocycles. The Morgan fingerprint density at radius 2 is 2.00 bits per heavy atom. The molecule has 2 saturated heterocycles. The van der Waals surface area contributed by atoms with Gasteiger partial charge in [0.05, 0.1) is 0 Å². The fourth-order valence-corrected chi connectivity index (χ4v) is 3.11. The summed E-state index contributed by atoms with van der Waals surface area (Å²) >= 11 is 0. The van der Waals surface area contributed by atoms with Gasteiger partial charge in [-0.15, -0.1) is 24.8 Å². The van der Waals surface area contributed by atoms with Crippen LogP contribution in [-0.2, 0) is 4.79 Å². The van der Waals surface area contributed by atoms with Gasteiger partial charge in [-0.05, 0) is 44.7 Å². The van der Waals surface area contributed by atoms with Crippen molar-refractivity contribution in [2.45, 2.75) is 44.2 Å². The molecule has 4 nitrogen and oxygen atoms in total. The zero-order chi connectivity index (χ0) is 11.7. The second kappa shape index (κ2) is 7.67. The van der Waals surface area contributed by atoms with Gasteiger partial charge in [0, 0.05) is 31.6 Å². The van der Waals surface area contributed by atoms with Crippen LogP contribution in [0.5, 0.6) is 0 Å². The van der Waals surface area contributed by atoms with Crippen LogP contribution >= 0.6 is 24.8 Å². The van der Waals surface area contributed by atoms with Crippen LogP contribution in [0.25, 0.3) is 0 Å². The van der Waals surface area contributed by atoms with E-state index in [9.17, 15) is 4.79 Å². The van der Waals surface area contributed by atoms with Crippen molar-refractivity contribution < 1.29 is 4.79 Å². The van der Waals surface area contributed by atoms with Crippen LogP contribution in [0.3, 0.4) is 0 Å². The van der Waals surface area contributed by atoms with Crippen molar-refractivity contribution in [1.29, 1.82) is 0 Å². The Morgan fingerprint density at radius 1 is 1.21 bits per heavy atom. The summed E-state index contributed by atoms with van der Waals surface area (Å²) in [5, 5.41) is 6.52. The minimum Gasteiger partial charge on any atom is -0.352 e.